The van der Waals surface area contributed by atoms with E-state index in [9.17, 15) is 4.79 Å². The maximum absolute atomic E-state index is 12.6. The molecule has 34 heavy (non-hydrogen) atoms. The number of imidazole rings is 1. The minimum Gasteiger partial charge on any atom is -0.496 e. The van der Waals surface area contributed by atoms with Gasteiger partial charge in [-0.15, -0.1) is 0 Å². The molecule has 11 heteroatoms. The minimum atomic E-state index is -0.308. The lowest BCUT2D eigenvalue weighted by Crippen LogP contribution is -2.15. The van der Waals surface area contributed by atoms with Crippen LogP contribution in [0.4, 0.5) is 5.82 Å². The largest absolute Gasteiger partial charge is 0.496 e. The van der Waals surface area contributed by atoms with Crippen molar-refractivity contribution < 1.29 is 9.53 Å². The van der Waals surface area contributed by atoms with Crippen LogP contribution < -0.4 is 10.1 Å². The topological polar surface area (TPSA) is 128 Å². The predicted octanol–water partition coefficient (Wildman–Crippen LogP) is 3.65. The molecule has 0 aliphatic heterocycles. The van der Waals surface area contributed by atoms with Crippen molar-refractivity contribution in [3.8, 4) is 5.75 Å². The first kappa shape index (κ1) is 21.6. The Morgan fingerprint density at radius 2 is 1.91 bits per heavy atom. The molecule has 1 aliphatic carbocycles. The van der Waals surface area contributed by atoms with Gasteiger partial charge in [-0.3, -0.25) is 9.89 Å². The van der Waals surface area contributed by atoms with Crippen molar-refractivity contribution in [2.75, 3.05) is 12.4 Å². The predicted molar refractivity (Wildman–Crippen MR) is 126 cm³/mol. The molecule has 6 rings (SSSR count). The molecule has 0 saturated heterocycles. The highest BCUT2D eigenvalue weighted by atomic mass is 16.5. The fourth-order valence-corrected chi connectivity index (χ4v) is 4.14. The van der Waals surface area contributed by atoms with Crippen molar-refractivity contribution in [1.29, 1.82) is 0 Å². The third-order valence-corrected chi connectivity index (χ3v) is 5.86. The fourth-order valence-electron chi connectivity index (χ4n) is 4.14. The smallest absolute Gasteiger partial charge is 0.260 e. The zero-order chi connectivity index (χ0) is 23.3. The summed E-state index contributed by atoms with van der Waals surface area (Å²) in [5.41, 5.74) is 1.86. The Balaban J connectivity index is 0.000000183. The molecule has 0 radical (unpaired) electrons. The van der Waals surface area contributed by atoms with Crippen molar-refractivity contribution in [3.63, 3.8) is 0 Å². The van der Waals surface area contributed by atoms with Gasteiger partial charge in [0.05, 0.1) is 49.0 Å². The zero-order valence-corrected chi connectivity index (χ0v) is 18.8. The molecule has 1 aliphatic rings. The van der Waals surface area contributed by atoms with Crippen molar-refractivity contribution >= 4 is 28.3 Å². The van der Waals surface area contributed by atoms with E-state index in [1.165, 1.54) is 39.2 Å². The fraction of sp³-hybridized carbons (Fsp3) is 0.304. The number of amides is 1. The lowest BCUT2D eigenvalue weighted by Gasteiger charge is -2.20. The molecule has 0 unspecified atom stereocenters. The number of ether oxygens (including phenoxy) is 1. The van der Waals surface area contributed by atoms with Crippen LogP contribution in [0.3, 0.4) is 0 Å². The van der Waals surface area contributed by atoms with Gasteiger partial charge < -0.3 is 10.1 Å². The second-order valence-corrected chi connectivity index (χ2v) is 8.04. The number of rotatable bonds is 4. The number of carbonyl (C=O) groups is 1. The van der Waals surface area contributed by atoms with Gasteiger partial charge in [-0.25, -0.2) is 4.98 Å². The Morgan fingerprint density at radius 1 is 1.09 bits per heavy atom. The molecule has 174 valence electrons. The maximum Gasteiger partial charge on any atom is 0.260 e. The number of nitrogens with one attached hydrogen (secondary N) is 2. The number of hydrogen-bond donors (Lipinski definition) is 2. The third-order valence-electron chi connectivity index (χ3n) is 5.86. The normalized spacial score (nSPS) is 14.0. The first-order valence-electron chi connectivity index (χ1n) is 11.2. The first-order valence-corrected chi connectivity index (χ1v) is 11.2. The molecular formula is C23H25N9O2. The molecule has 4 heterocycles. The maximum atomic E-state index is 12.6. The van der Waals surface area contributed by atoms with Crippen LogP contribution in [0.2, 0.25) is 0 Å². The number of H-pyrrole nitrogens is 1. The number of nitrogens with zero attached hydrogens (tertiary/aromatic N) is 7. The van der Waals surface area contributed by atoms with Gasteiger partial charge in [0.25, 0.3) is 5.91 Å². The van der Waals surface area contributed by atoms with Crippen LogP contribution in [0.5, 0.6) is 5.75 Å². The molecule has 1 saturated carbocycles. The van der Waals surface area contributed by atoms with Gasteiger partial charge in [0.2, 0.25) is 0 Å². The molecule has 1 aromatic carbocycles. The van der Waals surface area contributed by atoms with Crippen LogP contribution in [0.25, 0.3) is 16.6 Å². The van der Waals surface area contributed by atoms with Gasteiger partial charge in [0.15, 0.2) is 11.5 Å². The molecule has 0 atom stereocenters. The number of methoxy groups -OCH3 is 1. The van der Waals surface area contributed by atoms with Crippen molar-refractivity contribution in [1.82, 2.24) is 39.8 Å². The molecular weight excluding hydrogens is 434 g/mol. The van der Waals surface area contributed by atoms with Crippen LogP contribution in [0, 0.1) is 0 Å². The van der Waals surface area contributed by atoms with Gasteiger partial charge in [-0.2, -0.15) is 29.7 Å². The van der Waals surface area contributed by atoms with Gasteiger partial charge >= 0.3 is 0 Å². The van der Waals surface area contributed by atoms with E-state index in [1.54, 1.807) is 59.8 Å². The number of carbonyl (C=O) groups excluding carboxylic acids is 1. The zero-order valence-electron chi connectivity index (χ0n) is 18.8. The SMILES string of the molecule is COc1cc2[nH]ncc2cc1C(=O)Nc1cnc2cccnn12.c1cnn(C2CCCCC2)n1. The number of benzene rings is 1. The molecule has 1 amide bonds. The van der Waals surface area contributed by atoms with Crippen LogP contribution in [-0.4, -0.2) is 52.8 Å². The van der Waals surface area contributed by atoms with Crippen molar-refractivity contribution in [3.05, 3.63) is 60.8 Å². The Kier molecular flexibility index (Phi) is 6.15. The average Bonchev–Trinajstić information content (AvgIpc) is 3.65. The summed E-state index contributed by atoms with van der Waals surface area (Å²) in [5.74, 6) is 0.637. The Labute approximate surface area is 195 Å². The van der Waals surface area contributed by atoms with Crippen molar-refractivity contribution in [2.24, 2.45) is 0 Å². The molecule has 1 fully saturated rings. The van der Waals surface area contributed by atoms with E-state index in [-0.39, 0.29) is 5.91 Å². The third kappa shape index (κ3) is 4.45. The highest BCUT2D eigenvalue weighted by molar-refractivity contribution is 6.08. The Morgan fingerprint density at radius 3 is 2.71 bits per heavy atom. The second-order valence-electron chi connectivity index (χ2n) is 8.04. The molecule has 2 N–H and O–H groups in total. The quantitative estimate of drug-likeness (QED) is 0.420. The number of aromatic amines is 1. The summed E-state index contributed by atoms with van der Waals surface area (Å²) in [7, 11) is 1.52. The van der Waals surface area contributed by atoms with Crippen LogP contribution >= 0.6 is 0 Å². The van der Waals surface area contributed by atoms with Gasteiger partial charge in [0, 0.05) is 17.6 Å². The van der Waals surface area contributed by atoms with Crippen molar-refractivity contribution in [2.45, 2.75) is 38.1 Å². The molecule has 0 spiro atoms. The summed E-state index contributed by atoms with van der Waals surface area (Å²) in [5, 5.41) is 22.9. The van der Waals surface area contributed by atoms with E-state index in [0.29, 0.717) is 28.8 Å². The highest BCUT2D eigenvalue weighted by Crippen LogP contribution is 2.27. The second kappa shape index (κ2) is 9.69. The van der Waals surface area contributed by atoms with E-state index in [2.05, 4.69) is 35.8 Å². The van der Waals surface area contributed by atoms with E-state index in [1.807, 2.05) is 4.80 Å². The van der Waals surface area contributed by atoms with E-state index < -0.39 is 0 Å². The van der Waals surface area contributed by atoms with E-state index >= 15 is 0 Å². The molecule has 11 nitrogen and oxygen atoms in total. The minimum absolute atomic E-state index is 0.308. The Bertz CT molecular complexity index is 1380. The highest BCUT2D eigenvalue weighted by Gasteiger charge is 2.17. The van der Waals surface area contributed by atoms with Gasteiger partial charge in [-0.1, -0.05) is 19.3 Å². The summed E-state index contributed by atoms with van der Waals surface area (Å²) in [4.78, 5) is 18.7. The van der Waals surface area contributed by atoms with E-state index in [4.69, 9.17) is 4.74 Å². The number of hydrogen-bond acceptors (Lipinski definition) is 7. The first-order chi connectivity index (χ1) is 16.7. The molecule has 5 aromatic rings. The van der Waals surface area contributed by atoms with Gasteiger partial charge in [0.1, 0.15) is 5.75 Å². The summed E-state index contributed by atoms with van der Waals surface area (Å²) >= 11 is 0. The standard InChI is InChI=1S/C15H12N6O2.C8H13N3/c1-23-12-6-11-9(7-17-20-11)5-10(12)15(22)19-14-8-16-13-3-2-4-18-21(13)14;1-2-4-8(5-3-1)11-9-6-7-10-11/h2-8H,1H3,(H,17,20)(H,19,22);6-8H,1-5H2. The molecule has 0 bridgehead atoms. The molecule has 4 aromatic heterocycles. The number of anilines is 1. The number of fused-ring (bicyclic) bond motifs is 2. The van der Waals surface area contributed by atoms with Crippen LogP contribution in [0.15, 0.2) is 55.2 Å². The lowest BCUT2D eigenvalue weighted by atomic mass is 9.96. The summed E-state index contributed by atoms with van der Waals surface area (Å²) in [6, 6.07) is 7.64. The summed E-state index contributed by atoms with van der Waals surface area (Å²) < 4.78 is 6.86. The van der Waals surface area contributed by atoms with E-state index in [0.717, 1.165) is 10.9 Å². The monoisotopic (exact) mass is 459 g/mol. The van der Waals surface area contributed by atoms with Crippen LogP contribution in [-0.2, 0) is 0 Å². The average molecular weight is 460 g/mol. The Hall–Kier alpha value is -4.28. The lowest BCUT2D eigenvalue weighted by molar-refractivity contribution is 0.102. The number of aromatic nitrogens is 8. The van der Waals surface area contributed by atoms with Crippen LogP contribution in [0.1, 0.15) is 48.5 Å². The summed E-state index contributed by atoms with van der Waals surface area (Å²) in [6.07, 6.45) is 14.9. The summed E-state index contributed by atoms with van der Waals surface area (Å²) in [6.45, 7) is 0. The van der Waals surface area contributed by atoms with Gasteiger partial charge in [-0.05, 0) is 31.0 Å².